The fraction of sp³-hybridized carbons (Fsp3) is 0.273. The van der Waals surface area contributed by atoms with Gasteiger partial charge in [-0.3, -0.25) is 4.79 Å². The van der Waals surface area contributed by atoms with Gasteiger partial charge >= 0.3 is 0 Å². The highest BCUT2D eigenvalue weighted by Crippen LogP contribution is 2.14. The van der Waals surface area contributed by atoms with E-state index in [9.17, 15) is 4.79 Å². The largest absolute Gasteiger partial charge is 0.294 e. The number of carbonyl (C=O) groups is 1. The molecule has 0 N–H and O–H groups in total. The normalized spacial score (nSPS) is 9.31. The quantitative estimate of drug-likeness (QED) is 0.644. The lowest BCUT2D eigenvalue weighted by Crippen LogP contribution is -2.01. The Morgan fingerprint density at radius 3 is 2.77 bits per heavy atom. The Hall–Kier alpha value is -1.62. The van der Waals surface area contributed by atoms with Gasteiger partial charge in [0.1, 0.15) is 6.07 Å². The van der Waals surface area contributed by atoms with Gasteiger partial charge in [0, 0.05) is 12.0 Å². The lowest BCUT2D eigenvalue weighted by Gasteiger charge is -2.02. The Bertz CT molecular complexity index is 374. The Morgan fingerprint density at radius 2 is 2.23 bits per heavy atom. The summed E-state index contributed by atoms with van der Waals surface area (Å²) in [4.78, 5) is 11.4. The van der Waals surface area contributed by atoms with Gasteiger partial charge in [-0.2, -0.15) is 5.26 Å². The molecule has 0 saturated carbocycles. The number of nitrogens with zero attached hydrogens (tertiary/aromatic N) is 1. The van der Waals surface area contributed by atoms with Crippen molar-refractivity contribution in [1.82, 2.24) is 0 Å². The topological polar surface area (TPSA) is 40.9 Å². The molecule has 0 saturated heterocycles. The molecule has 0 radical (unpaired) electrons. The van der Waals surface area contributed by atoms with E-state index in [1.165, 1.54) is 0 Å². The lowest BCUT2D eigenvalue weighted by molar-refractivity contribution is 0.0988. The van der Waals surface area contributed by atoms with Crippen molar-refractivity contribution < 1.29 is 4.79 Å². The maximum absolute atomic E-state index is 11.4. The number of hydrogen-bond acceptors (Lipinski definition) is 2. The minimum absolute atomic E-state index is 0.0280. The number of ketones is 1. The van der Waals surface area contributed by atoms with Crippen LogP contribution in [0.5, 0.6) is 0 Å². The summed E-state index contributed by atoms with van der Waals surface area (Å²) in [6.07, 6.45) is 0.443. The first kappa shape index (κ1) is 9.47. The molecule has 2 nitrogen and oxygen atoms in total. The Morgan fingerprint density at radius 1 is 1.54 bits per heavy atom. The van der Waals surface area contributed by atoms with Crippen molar-refractivity contribution in [3.05, 3.63) is 34.9 Å². The molecule has 0 aliphatic carbocycles. The Labute approximate surface area is 77.8 Å². The van der Waals surface area contributed by atoms with Crippen LogP contribution in [0.4, 0.5) is 0 Å². The summed E-state index contributed by atoms with van der Waals surface area (Å²) >= 11 is 0. The first-order valence-corrected chi connectivity index (χ1v) is 4.23. The molecule has 0 spiro atoms. The summed E-state index contributed by atoms with van der Waals surface area (Å²) in [5.41, 5.74) is 1.92. The van der Waals surface area contributed by atoms with E-state index >= 15 is 0 Å². The van der Waals surface area contributed by atoms with Gasteiger partial charge in [-0.25, -0.2) is 0 Å². The number of aryl methyl sites for hydroxylation is 1. The SMILES string of the molecule is CCC(=O)c1cccc(C)c1C#N. The predicted octanol–water partition coefficient (Wildman–Crippen LogP) is 2.46. The molecule has 0 atom stereocenters. The van der Waals surface area contributed by atoms with Gasteiger partial charge in [-0.1, -0.05) is 25.1 Å². The van der Waals surface area contributed by atoms with E-state index in [2.05, 4.69) is 6.07 Å². The van der Waals surface area contributed by atoms with Gasteiger partial charge in [0.25, 0.3) is 0 Å². The highest BCUT2D eigenvalue weighted by atomic mass is 16.1. The third kappa shape index (κ3) is 1.75. The molecular weight excluding hydrogens is 162 g/mol. The van der Waals surface area contributed by atoms with Crippen molar-refractivity contribution in [1.29, 1.82) is 5.26 Å². The van der Waals surface area contributed by atoms with Crippen molar-refractivity contribution in [2.75, 3.05) is 0 Å². The number of nitriles is 1. The van der Waals surface area contributed by atoms with Crippen molar-refractivity contribution in [2.24, 2.45) is 0 Å². The van der Waals surface area contributed by atoms with Crippen LogP contribution < -0.4 is 0 Å². The molecule has 0 aromatic heterocycles. The molecule has 2 heteroatoms. The highest BCUT2D eigenvalue weighted by Gasteiger charge is 2.10. The van der Waals surface area contributed by atoms with E-state index in [-0.39, 0.29) is 5.78 Å². The molecule has 13 heavy (non-hydrogen) atoms. The predicted molar refractivity (Wildman–Crippen MR) is 50.5 cm³/mol. The average molecular weight is 173 g/mol. The van der Waals surface area contributed by atoms with Gasteiger partial charge in [0.2, 0.25) is 0 Å². The summed E-state index contributed by atoms with van der Waals surface area (Å²) in [6.45, 7) is 3.64. The smallest absolute Gasteiger partial charge is 0.163 e. The third-order valence-corrected chi connectivity index (χ3v) is 2.01. The number of Topliss-reactive ketones (excluding diaryl/α,β-unsaturated/α-hetero) is 1. The van der Waals surface area contributed by atoms with Gasteiger partial charge in [-0.15, -0.1) is 0 Å². The summed E-state index contributed by atoms with van der Waals surface area (Å²) in [5.74, 6) is 0.0280. The van der Waals surface area contributed by atoms with Crippen LogP contribution >= 0.6 is 0 Å². The molecule has 0 amide bonds. The van der Waals surface area contributed by atoms with Crippen LogP contribution in [-0.4, -0.2) is 5.78 Å². The number of hydrogen-bond donors (Lipinski definition) is 0. The van der Waals surface area contributed by atoms with Gasteiger partial charge in [0.15, 0.2) is 5.78 Å². The molecule has 1 aromatic carbocycles. The first-order chi connectivity index (χ1) is 6.20. The monoisotopic (exact) mass is 173 g/mol. The minimum Gasteiger partial charge on any atom is -0.294 e. The van der Waals surface area contributed by atoms with E-state index in [1.54, 1.807) is 19.1 Å². The molecular formula is C11H11NO. The van der Waals surface area contributed by atoms with Crippen molar-refractivity contribution in [3.63, 3.8) is 0 Å². The number of carbonyl (C=O) groups excluding carboxylic acids is 1. The van der Waals surface area contributed by atoms with Crippen LogP contribution in [0.25, 0.3) is 0 Å². The molecule has 0 aliphatic heterocycles. The zero-order chi connectivity index (χ0) is 9.84. The summed E-state index contributed by atoms with van der Waals surface area (Å²) in [7, 11) is 0. The molecule has 1 aromatic rings. The van der Waals surface area contributed by atoms with E-state index in [1.807, 2.05) is 13.0 Å². The van der Waals surface area contributed by atoms with E-state index in [0.717, 1.165) is 5.56 Å². The number of rotatable bonds is 2. The van der Waals surface area contributed by atoms with Crippen LogP contribution in [-0.2, 0) is 0 Å². The summed E-state index contributed by atoms with van der Waals surface area (Å²) < 4.78 is 0. The zero-order valence-corrected chi connectivity index (χ0v) is 7.79. The van der Waals surface area contributed by atoms with Crippen molar-refractivity contribution in [3.8, 4) is 6.07 Å². The molecule has 0 fully saturated rings. The lowest BCUT2D eigenvalue weighted by atomic mass is 9.99. The van der Waals surface area contributed by atoms with E-state index in [4.69, 9.17) is 5.26 Å². The van der Waals surface area contributed by atoms with E-state index in [0.29, 0.717) is 17.5 Å². The number of benzene rings is 1. The van der Waals surface area contributed by atoms with Crippen molar-refractivity contribution in [2.45, 2.75) is 20.3 Å². The van der Waals surface area contributed by atoms with Crippen LogP contribution in [0.3, 0.4) is 0 Å². The molecule has 0 unspecified atom stereocenters. The van der Waals surface area contributed by atoms with Gasteiger partial charge in [0.05, 0.1) is 5.56 Å². The highest BCUT2D eigenvalue weighted by molar-refractivity contribution is 5.98. The molecule has 0 heterocycles. The maximum Gasteiger partial charge on any atom is 0.163 e. The van der Waals surface area contributed by atoms with Crippen LogP contribution in [0, 0.1) is 18.3 Å². The molecule has 66 valence electrons. The zero-order valence-electron chi connectivity index (χ0n) is 7.79. The van der Waals surface area contributed by atoms with Crippen LogP contribution in [0.15, 0.2) is 18.2 Å². The second kappa shape index (κ2) is 3.86. The maximum atomic E-state index is 11.4. The van der Waals surface area contributed by atoms with Gasteiger partial charge < -0.3 is 0 Å². The summed E-state index contributed by atoms with van der Waals surface area (Å²) in [6, 6.07) is 7.41. The molecule has 0 bridgehead atoms. The fourth-order valence-corrected chi connectivity index (χ4v) is 1.24. The average Bonchev–Trinajstić information content (AvgIpc) is 2.16. The van der Waals surface area contributed by atoms with Crippen LogP contribution in [0.2, 0.25) is 0 Å². The van der Waals surface area contributed by atoms with E-state index < -0.39 is 0 Å². The fourth-order valence-electron chi connectivity index (χ4n) is 1.24. The van der Waals surface area contributed by atoms with Gasteiger partial charge in [-0.05, 0) is 12.5 Å². The molecule has 1 rings (SSSR count). The van der Waals surface area contributed by atoms with Crippen LogP contribution in [0.1, 0.15) is 34.8 Å². The summed E-state index contributed by atoms with van der Waals surface area (Å²) in [5, 5.41) is 8.84. The Kier molecular flexibility index (Phi) is 2.81. The molecule has 0 aliphatic rings. The Balaban J connectivity index is 3.30. The second-order valence-corrected chi connectivity index (χ2v) is 2.89. The second-order valence-electron chi connectivity index (χ2n) is 2.89. The third-order valence-electron chi connectivity index (χ3n) is 2.01. The first-order valence-electron chi connectivity index (χ1n) is 4.23. The van der Waals surface area contributed by atoms with Crippen molar-refractivity contribution >= 4 is 5.78 Å². The standard InChI is InChI=1S/C11H11NO/c1-3-11(13)9-6-4-5-8(2)10(9)7-12/h4-6H,3H2,1-2H3. The minimum atomic E-state index is 0.0280.